The van der Waals surface area contributed by atoms with Gasteiger partial charge in [-0.1, -0.05) is 19.0 Å². The van der Waals surface area contributed by atoms with Crippen molar-refractivity contribution in [1.29, 1.82) is 0 Å². The minimum absolute atomic E-state index is 0. The van der Waals surface area contributed by atoms with Gasteiger partial charge >= 0.3 is 0 Å². The number of rotatable bonds is 8. The van der Waals surface area contributed by atoms with Crippen molar-refractivity contribution < 1.29 is 9.26 Å². The van der Waals surface area contributed by atoms with Crippen LogP contribution >= 0.6 is 24.0 Å². The zero-order chi connectivity index (χ0) is 18.9. The summed E-state index contributed by atoms with van der Waals surface area (Å²) >= 11 is 0. The van der Waals surface area contributed by atoms with Crippen LogP contribution in [0.2, 0.25) is 0 Å². The van der Waals surface area contributed by atoms with E-state index in [0.717, 1.165) is 56.6 Å². The van der Waals surface area contributed by atoms with Gasteiger partial charge in [-0.25, -0.2) is 0 Å². The van der Waals surface area contributed by atoms with Crippen LogP contribution in [0.3, 0.4) is 0 Å². The Balaban J connectivity index is 0.00000364. The second-order valence-electron chi connectivity index (χ2n) is 7.05. The SMILES string of the molecule is CCC(CC)c1cc(CNC(=NC)NCC(C)N2CCOCC2C)on1.I. The molecule has 1 aliphatic heterocycles. The van der Waals surface area contributed by atoms with Gasteiger partial charge in [-0.15, -0.1) is 24.0 Å². The largest absolute Gasteiger partial charge is 0.379 e. The summed E-state index contributed by atoms with van der Waals surface area (Å²) in [6.07, 6.45) is 2.16. The van der Waals surface area contributed by atoms with Crippen molar-refractivity contribution in [2.75, 3.05) is 33.4 Å². The first-order chi connectivity index (χ1) is 12.6. The first kappa shape index (κ1) is 24.2. The lowest BCUT2D eigenvalue weighted by Crippen LogP contribution is -2.52. The monoisotopic (exact) mass is 493 g/mol. The highest BCUT2D eigenvalue weighted by atomic mass is 127. The lowest BCUT2D eigenvalue weighted by atomic mass is 9.99. The van der Waals surface area contributed by atoms with E-state index in [-0.39, 0.29) is 24.0 Å². The summed E-state index contributed by atoms with van der Waals surface area (Å²) in [5.74, 6) is 2.09. The molecule has 0 radical (unpaired) electrons. The van der Waals surface area contributed by atoms with Crippen LogP contribution in [0, 0.1) is 0 Å². The van der Waals surface area contributed by atoms with Crippen LogP contribution in [0.1, 0.15) is 57.9 Å². The van der Waals surface area contributed by atoms with E-state index in [9.17, 15) is 0 Å². The Morgan fingerprint density at radius 3 is 2.74 bits per heavy atom. The molecule has 27 heavy (non-hydrogen) atoms. The van der Waals surface area contributed by atoms with Crippen molar-refractivity contribution in [1.82, 2.24) is 20.7 Å². The molecule has 8 heteroatoms. The highest BCUT2D eigenvalue weighted by molar-refractivity contribution is 14.0. The molecule has 0 amide bonds. The fraction of sp³-hybridized carbons (Fsp3) is 0.789. The van der Waals surface area contributed by atoms with Crippen molar-refractivity contribution >= 4 is 29.9 Å². The number of hydrogen-bond acceptors (Lipinski definition) is 5. The lowest BCUT2D eigenvalue weighted by Gasteiger charge is -2.38. The van der Waals surface area contributed by atoms with Gasteiger partial charge in [0.1, 0.15) is 0 Å². The number of aliphatic imine (C=N–C) groups is 1. The van der Waals surface area contributed by atoms with Crippen LogP contribution in [0.5, 0.6) is 0 Å². The van der Waals surface area contributed by atoms with E-state index in [2.05, 4.69) is 59.4 Å². The number of morpholine rings is 1. The molecule has 1 fully saturated rings. The van der Waals surface area contributed by atoms with E-state index in [1.807, 2.05) is 0 Å². The van der Waals surface area contributed by atoms with Crippen molar-refractivity contribution in [3.8, 4) is 0 Å². The van der Waals surface area contributed by atoms with Gasteiger partial charge < -0.3 is 19.9 Å². The Kier molecular flexibility index (Phi) is 11.2. The Morgan fingerprint density at radius 2 is 2.11 bits per heavy atom. The summed E-state index contributed by atoms with van der Waals surface area (Å²) in [6, 6.07) is 2.92. The van der Waals surface area contributed by atoms with Crippen molar-refractivity contribution in [2.45, 2.75) is 65.1 Å². The molecule has 2 atom stereocenters. The highest BCUT2D eigenvalue weighted by Crippen LogP contribution is 2.22. The van der Waals surface area contributed by atoms with Crippen LogP contribution in [0.15, 0.2) is 15.6 Å². The molecule has 0 spiro atoms. The van der Waals surface area contributed by atoms with Gasteiger partial charge in [0.25, 0.3) is 0 Å². The summed E-state index contributed by atoms with van der Waals surface area (Å²) in [7, 11) is 1.79. The minimum atomic E-state index is 0. The molecule has 0 aliphatic carbocycles. The van der Waals surface area contributed by atoms with Gasteiger partial charge in [-0.05, 0) is 26.7 Å². The van der Waals surface area contributed by atoms with Gasteiger partial charge in [0.05, 0.1) is 25.5 Å². The van der Waals surface area contributed by atoms with Crippen LogP contribution in [0.25, 0.3) is 0 Å². The van der Waals surface area contributed by atoms with Crippen molar-refractivity contribution in [3.63, 3.8) is 0 Å². The second kappa shape index (κ2) is 12.6. The third kappa shape index (κ3) is 7.23. The van der Waals surface area contributed by atoms with E-state index >= 15 is 0 Å². The summed E-state index contributed by atoms with van der Waals surface area (Å²) in [4.78, 5) is 6.78. The molecule has 2 unspecified atom stereocenters. The standard InChI is InChI=1S/C19H35N5O2.HI/c1-6-16(7-2)18-10-17(26-23-18)12-22-19(20-5)21-11-14(3)24-8-9-25-13-15(24)4;/h10,14-16H,6-9,11-13H2,1-5H3,(H2,20,21,22);1H. The van der Waals surface area contributed by atoms with Crippen LogP contribution in [-0.4, -0.2) is 61.5 Å². The molecule has 0 saturated carbocycles. The van der Waals surface area contributed by atoms with E-state index < -0.39 is 0 Å². The average Bonchev–Trinajstić information content (AvgIpc) is 3.12. The van der Waals surface area contributed by atoms with Crippen LogP contribution in [-0.2, 0) is 11.3 Å². The van der Waals surface area contributed by atoms with E-state index in [0.29, 0.717) is 24.5 Å². The maximum absolute atomic E-state index is 5.52. The molecular formula is C19H36IN5O2. The number of nitrogens with one attached hydrogen (secondary N) is 2. The average molecular weight is 493 g/mol. The number of hydrogen-bond donors (Lipinski definition) is 2. The fourth-order valence-corrected chi connectivity index (χ4v) is 3.46. The maximum Gasteiger partial charge on any atom is 0.191 e. The van der Waals surface area contributed by atoms with E-state index in [1.165, 1.54) is 0 Å². The molecule has 156 valence electrons. The number of halogens is 1. The summed E-state index contributed by atoms with van der Waals surface area (Å²) in [5, 5.41) is 10.9. The molecular weight excluding hydrogens is 457 g/mol. The predicted molar refractivity (Wildman–Crippen MR) is 120 cm³/mol. The summed E-state index contributed by atoms with van der Waals surface area (Å²) in [5.41, 5.74) is 1.05. The van der Waals surface area contributed by atoms with Gasteiger partial charge in [0, 0.05) is 44.2 Å². The molecule has 0 bridgehead atoms. The summed E-state index contributed by atoms with van der Waals surface area (Å²) < 4.78 is 11.0. The van der Waals surface area contributed by atoms with Crippen molar-refractivity contribution in [3.05, 3.63) is 17.5 Å². The molecule has 1 aromatic heterocycles. The molecule has 2 N–H and O–H groups in total. The van der Waals surface area contributed by atoms with Gasteiger partial charge in [0.2, 0.25) is 0 Å². The molecule has 1 saturated heterocycles. The number of ether oxygens (including phenoxy) is 1. The van der Waals surface area contributed by atoms with Crippen LogP contribution in [0.4, 0.5) is 0 Å². The van der Waals surface area contributed by atoms with Crippen molar-refractivity contribution in [2.24, 2.45) is 4.99 Å². The normalized spacial score (nSPS) is 19.6. The first-order valence-corrected chi connectivity index (χ1v) is 9.82. The van der Waals surface area contributed by atoms with Gasteiger partial charge in [0.15, 0.2) is 11.7 Å². The van der Waals surface area contributed by atoms with Gasteiger partial charge in [-0.3, -0.25) is 9.89 Å². The smallest absolute Gasteiger partial charge is 0.191 e. The number of guanidine groups is 1. The summed E-state index contributed by atoms with van der Waals surface area (Å²) in [6.45, 7) is 12.8. The number of aromatic nitrogens is 1. The fourth-order valence-electron chi connectivity index (χ4n) is 3.46. The molecule has 1 aromatic rings. The molecule has 7 nitrogen and oxygen atoms in total. The first-order valence-electron chi connectivity index (χ1n) is 9.82. The molecule has 1 aliphatic rings. The van der Waals surface area contributed by atoms with E-state index in [1.54, 1.807) is 7.05 Å². The lowest BCUT2D eigenvalue weighted by molar-refractivity contribution is -0.0174. The number of nitrogens with zero attached hydrogens (tertiary/aromatic N) is 3. The zero-order valence-corrected chi connectivity index (χ0v) is 19.7. The maximum atomic E-state index is 5.52. The molecule has 2 rings (SSSR count). The predicted octanol–water partition coefficient (Wildman–Crippen LogP) is 2.97. The van der Waals surface area contributed by atoms with Gasteiger partial charge in [-0.2, -0.15) is 0 Å². The minimum Gasteiger partial charge on any atom is -0.379 e. The van der Waals surface area contributed by atoms with Crippen LogP contribution < -0.4 is 10.6 Å². The Morgan fingerprint density at radius 1 is 1.37 bits per heavy atom. The van der Waals surface area contributed by atoms with E-state index in [4.69, 9.17) is 9.26 Å². The zero-order valence-electron chi connectivity index (χ0n) is 17.3. The Bertz CT molecular complexity index is 562. The third-order valence-electron chi connectivity index (χ3n) is 5.18. The molecule has 0 aromatic carbocycles. The topological polar surface area (TPSA) is 74.9 Å². The third-order valence-corrected chi connectivity index (χ3v) is 5.18. The molecule has 2 heterocycles. The Hall–Kier alpha value is -0.870. The Labute approximate surface area is 180 Å². The quantitative estimate of drug-likeness (QED) is 0.330. The second-order valence-corrected chi connectivity index (χ2v) is 7.05. The highest BCUT2D eigenvalue weighted by Gasteiger charge is 2.23.